The van der Waals surface area contributed by atoms with E-state index in [0.29, 0.717) is 29.7 Å². The number of ether oxygens (including phenoxy) is 1. The first-order valence-electron chi connectivity index (χ1n) is 8.13. The van der Waals surface area contributed by atoms with Crippen LogP contribution in [0.25, 0.3) is 10.6 Å². The number of hydrogen-bond donors (Lipinski definition) is 1. The Morgan fingerprint density at radius 3 is 2.88 bits per heavy atom. The number of aromatic nitrogens is 1. The summed E-state index contributed by atoms with van der Waals surface area (Å²) >= 11 is 7.64. The van der Waals surface area contributed by atoms with E-state index in [0.717, 1.165) is 23.7 Å². The van der Waals surface area contributed by atoms with Crippen LogP contribution in [-0.2, 0) is 4.74 Å². The van der Waals surface area contributed by atoms with Crippen molar-refractivity contribution in [2.75, 3.05) is 36.5 Å². The second kappa shape index (κ2) is 7.49. The van der Waals surface area contributed by atoms with Crippen molar-refractivity contribution in [3.05, 3.63) is 52.8 Å². The van der Waals surface area contributed by atoms with E-state index in [1.165, 1.54) is 17.7 Å². The largest absolute Gasteiger partial charge is 0.442 e. The van der Waals surface area contributed by atoms with Gasteiger partial charge in [-0.25, -0.2) is 4.98 Å². The fourth-order valence-electron chi connectivity index (χ4n) is 2.86. The molecular formula is C18H16ClN3O3S. The van der Waals surface area contributed by atoms with Gasteiger partial charge in [-0.1, -0.05) is 17.7 Å². The molecule has 1 aromatic carbocycles. The van der Waals surface area contributed by atoms with E-state index >= 15 is 0 Å². The van der Waals surface area contributed by atoms with Crippen molar-refractivity contribution in [2.45, 2.75) is 0 Å². The molecule has 0 aliphatic carbocycles. The zero-order valence-corrected chi connectivity index (χ0v) is 15.3. The molecule has 8 heteroatoms. The van der Waals surface area contributed by atoms with Crippen LogP contribution in [0.5, 0.6) is 0 Å². The second-order valence-corrected chi connectivity index (χ2v) is 7.11. The van der Waals surface area contributed by atoms with Crippen molar-refractivity contribution in [2.24, 2.45) is 0 Å². The molecule has 134 valence electrons. The van der Waals surface area contributed by atoms with Crippen molar-refractivity contribution in [1.82, 2.24) is 4.98 Å². The van der Waals surface area contributed by atoms with Crippen molar-refractivity contribution in [3.8, 4) is 10.6 Å². The number of oxazole rings is 1. The van der Waals surface area contributed by atoms with Crippen LogP contribution in [0, 0.1) is 0 Å². The van der Waals surface area contributed by atoms with Crippen molar-refractivity contribution in [3.63, 3.8) is 0 Å². The Morgan fingerprint density at radius 2 is 2.12 bits per heavy atom. The monoisotopic (exact) mass is 389 g/mol. The Bertz CT molecular complexity index is 904. The Labute approximate surface area is 159 Å². The number of nitrogens with zero attached hydrogens (tertiary/aromatic N) is 2. The lowest BCUT2D eigenvalue weighted by atomic mass is 10.2. The molecule has 2 aromatic heterocycles. The number of rotatable bonds is 4. The predicted octanol–water partition coefficient (Wildman–Crippen LogP) is 4.15. The first-order valence-corrected chi connectivity index (χ1v) is 9.39. The molecule has 1 saturated heterocycles. The normalized spacial score (nSPS) is 14.4. The van der Waals surface area contributed by atoms with Crippen LogP contribution < -0.4 is 10.2 Å². The average molecular weight is 390 g/mol. The van der Waals surface area contributed by atoms with Crippen LogP contribution in [0.15, 0.2) is 46.5 Å². The van der Waals surface area contributed by atoms with Gasteiger partial charge in [-0.15, -0.1) is 11.3 Å². The maximum absolute atomic E-state index is 12.8. The van der Waals surface area contributed by atoms with Crippen molar-refractivity contribution in [1.29, 1.82) is 0 Å². The molecule has 0 atom stereocenters. The highest BCUT2D eigenvalue weighted by atomic mass is 35.5. The molecular weight excluding hydrogens is 374 g/mol. The molecule has 0 bridgehead atoms. The first-order chi connectivity index (χ1) is 12.7. The lowest BCUT2D eigenvalue weighted by molar-refractivity contribution is 0.102. The van der Waals surface area contributed by atoms with Gasteiger partial charge >= 0.3 is 0 Å². The summed E-state index contributed by atoms with van der Waals surface area (Å²) in [5.41, 5.74) is 1.80. The van der Waals surface area contributed by atoms with Gasteiger partial charge in [0.25, 0.3) is 5.91 Å². The van der Waals surface area contributed by atoms with Gasteiger partial charge < -0.3 is 19.4 Å². The molecule has 1 aliphatic rings. The van der Waals surface area contributed by atoms with E-state index in [-0.39, 0.29) is 11.6 Å². The standard InChI is InChI=1S/C18H16ClN3O3S/c19-12-3-4-14(22-5-7-24-8-6-22)13(10-12)21-18(23)16-17(25-11-20-16)15-2-1-9-26-15/h1-4,9-11H,5-8H2,(H,21,23). The van der Waals surface area contributed by atoms with Crippen molar-refractivity contribution >= 4 is 40.2 Å². The summed E-state index contributed by atoms with van der Waals surface area (Å²) in [4.78, 5) is 19.9. The van der Waals surface area contributed by atoms with E-state index in [4.69, 9.17) is 20.8 Å². The van der Waals surface area contributed by atoms with E-state index < -0.39 is 0 Å². The molecule has 3 aromatic rings. The van der Waals surface area contributed by atoms with Gasteiger partial charge in [0.05, 0.1) is 29.5 Å². The van der Waals surface area contributed by atoms with Crippen LogP contribution in [-0.4, -0.2) is 37.2 Å². The Morgan fingerprint density at radius 1 is 1.27 bits per heavy atom. The Balaban J connectivity index is 1.62. The van der Waals surface area contributed by atoms with E-state index in [1.807, 2.05) is 29.6 Å². The Hall–Kier alpha value is -2.35. The highest BCUT2D eigenvalue weighted by Crippen LogP contribution is 2.32. The minimum atomic E-state index is -0.334. The third kappa shape index (κ3) is 3.46. The Kier molecular flexibility index (Phi) is 4.92. The topological polar surface area (TPSA) is 67.6 Å². The first kappa shape index (κ1) is 17.1. The third-order valence-electron chi connectivity index (χ3n) is 4.09. The summed E-state index contributed by atoms with van der Waals surface area (Å²) in [5.74, 6) is 0.131. The van der Waals surface area contributed by atoms with Gasteiger partial charge in [0.2, 0.25) is 0 Å². The number of halogens is 1. The molecule has 3 heterocycles. The van der Waals surface area contributed by atoms with Crippen LogP contribution in [0.2, 0.25) is 5.02 Å². The molecule has 0 spiro atoms. The van der Waals surface area contributed by atoms with Gasteiger partial charge in [0.15, 0.2) is 17.8 Å². The summed E-state index contributed by atoms with van der Waals surface area (Å²) in [6, 6.07) is 9.26. The number of carbonyl (C=O) groups is 1. The maximum Gasteiger partial charge on any atom is 0.278 e. The van der Waals surface area contributed by atoms with Crippen LogP contribution in [0.1, 0.15) is 10.5 Å². The number of anilines is 2. The fourth-order valence-corrected chi connectivity index (χ4v) is 3.75. The molecule has 6 nitrogen and oxygen atoms in total. The lowest BCUT2D eigenvalue weighted by Gasteiger charge is -2.30. The summed E-state index contributed by atoms with van der Waals surface area (Å²) in [6.07, 6.45) is 1.28. The third-order valence-corrected chi connectivity index (χ3v) is 5.19. The van der Waals surface area contributed by atoms with E-state index in [1.54, 1.807) is 6.07 Å². The van der Waals surface area contributed by atoms with Gasteiger partial charge in [0, 0.05) is 18.1 Å². The molecule has 0 unspecified atom stereocenters. The smallest absolute Gasteiger partial charge is 0.278 e. The molecule has 1 amide bonds. The highest BCUT2D eigenvalue weighted by molar-refractivity contribution is 7.13. The number of nitrogens with one attached hydrogen (secondary N) is 1. The van der Waals surface area contributed by atoms with Crippen LogP contribution in [0.3, 0.4) is 0 Å². The van der Waals surface area contributed by atoms with Crippen molar-refractivity contribution < 1.29 is 13.9 Å². The summed E-state index contributed by atoms with van der Waals surface area (Å²) in [6.45, 7) is 2.83. The highest BCUT2D eigenvalue weighted by Gasteiger charge is 2.22. The molecule has 1 aliphatic heterocycles. The number of amides is 1. The number of morpholine rings is 1. The number of hydrogen-bond acceptors (Lipinski definition) is 6. The molecule has 1 fully saturated rings. The zero-order valence-electron chi connectivity index (χ0n) is 13.8. The summed E-state index contributed by atoms with van der Waals surface area (Å²) < 4.78 is 10.8. The second-order valence-electron chi connectivity index (χ2n) is 5.72. The van der Waals surface area contributed by atoms with Crippen LogP contribution >= 0.6 is 22.9 Å². The molecule has 1 N–H and O–H groups in total. The lowest BCUT2D eigenvalue weighted by Crippen LogP contribution is -2.36. The minimum absolute atomic E-state index is 0.250. The SMILES string of the molecule is O=C(Nc1cc(Cl)ccc1N1CCOCC1)c1ncoc1-c1cccs1. The molecule has 0 saturated carbocycles. The van der Waals surface area contributed by atoms with Gasteiger partial charge in [-0.2, -0.15) is 0 Å². The summed E-state index contributed by atoms with van der Waals surface area (Å²) in [5, 5.41) is 5.41. The zero-order chi connectivity index (χ0) is 17.9. The van der Waals surface area contributed by atoms with Gasteiger partial charge in [0.1, 0.15) is 0 Å². The molecule has 26 heavy (non-hydrogen) atoms. The average Bonchev–Trinajstić information content (AvgIpc) is 3.34. The number of thiophene rings is 1. The van der Waals surface area contributed by atoms with Crippen LogP contribution in [0.4, 0.5) is 11.4 Å². The predicted molar refractivity (Wildman–Crippen MR) is 102 cm³/mol. The fraction of sp³-hybridized carbons (Fsp3) is 0.222. The quantitative estimate of drug-likeness (QED) is 0.726. The van der Waals surface area contributed by atoms with Gasteiger partial charge in [-0.3, -0.25) is 4.79 Å². The molecule has 4 rings (SSSR count). The molecule has 0 radical (unpaired) electrons. The number of carbonyl (C=O) groups excluding carboxylic acids is 1. The van der Waals surface area contributed by atoms with Gasteiger partial charge in [-0.05, 0) is 29.6 Å². The minimum Gasteiger partial charge on any atom is -0.442 e. The number of benzene rings is 1. The summed E-state index contributed by atoms with van der Waals surface area (Å²) in [7, 11) is 0. The van der Waals surface area contributed by atoms with E-state index in [9.17, 15) is 4.79 Å². The van der Waals surface area contributed by atoms with E-state index in [2.05, 4.69) is 15.2 Å². The maximum atomic E-state index is 12.8.